The Hall–Kier alpha value is -2.05. The first kappa shape index (κ1) is 14.3. The van der Waals surface area contributed by atoms with Crippen LogP contribution in [0.5, 0.6) is 5.75 Å². The highest BCUT2D eigenvalue weighted by molar-refractivity contribution is 9.10. The Bertz CT molecular complexity index is 905. The molecule has 2 atom stereocenters. The van der Waals surface area contributed by atoms with Crippen LogP contribution in [-0.2, 0) is 0 Å². The van der Waals surface area contributed by atoms with E-state index < -0.39 is 0 Å². The molecule has 6 heteroatoms. The van der Waals surface area contributed by atoms with Crippen molar-refractivity contribution in [2.45, 2.75) is 18.7 Å². The van der Waals surface area contributed by atoms with Crippen LogP contribution in [0, 0.1) is 0 Å². The van der Waals surface area contributed by atoms with E-state index in [1.807, 2.05) is 29.3 Å². The standard InChI is InChI=1S/C18H13BrN2O2S/c19-11-5-6-15-12(9-11)14-10-13(17-4-2-8-24-17)20-21(14)18(23-15)16-3-1-7-22-16/h1-9,14,18H,10H2/t14-,18+/m1/s1. The zero-order chi connectivity index (χ0) is 16.1. The van der Waals surface area contributed by atoms with Crippen LogP contribution in [0.1, 0.15) is 34.9 Å². The van der Waals surface area contributed by atoms with Crippen molar-refractivity contribution in [2.75, 3.05) is 0 Å². The molecule has 120 valence electrons. The van der Waals surface area contributed by atoms with Gasteiger partial charge >= 0.3 is 0 Å². The minimum absolute atomic E-state index is 0.151. The Morgan fingerprint density at radius 2 is 2.17 bits per heavy atom. The van der Waals surface area contributed by atoms with Gasteiger partial charge in [-0.3, -0.25) is 0 Å². The monoisotopic (exact) mass is 400 g/mol. The van der Waals surface area contributed by atoms with E-state index in [1.165, 1.54) is 4.88 Å². The van der Waals surface area contributed by atoms with E-state index in [1.54, 1.807) is 17.6 Å². The molecule has 0 radical (unpaired) electrons. The van der Waals surface area contributed by atoms with E-state index in [-0.39, 0.29) is 12.3 Å². The molecule has 0 spiro atoms. The summed E-state index contributed by atoms with van der Waals surface area (Å²) in [4.78, 5) is 1.21. The highest BCUT2D eigenvalue weighted by Gasteiger charge is 2.42. The fourth-order valence-corrected chi connectivity index (χ4v) is 4.37. The maximum Gasteiger partial charge on any atom is 0.246 e. The summed E-state index contributed by atoms with van der Waals surface area (Å²) >= 11 is 5.28. The van der Waals surface area contributed by atoms with Gasteiger partial charge in [0, 0.05) is 16.5 Å². The van der Waals surface area contributed by atoms with Gasteiger partial charge in [0.25, 0.3) is 0 Å². The van der Waals surface area contributed by atoms with Crippen LogP contribution in [0.2, 0.25) is 0 Å². The Morgan fingerprint density at radius 3 is 2.96 bits per heavy atom. The number of nitrogens with zero attached hydrogens (tertiary/aromatic N) is 2. The van der Waals surface area contributed by atoms with Gasteiger partial charge in [0.2, 0.25) is 6.23 Å². The maximum absolute atomic E-state index is 6.22. The summed E-state index contributed by atoms with van der Waals surface area (Å²) < 4.78 is 12.9. The number of benzene rings is 1. The van der Waals surface area contributed by atoms with Crippen LogP contribution < -0.4 is 4.74 Å². The number of hydrazone groups is 1. The summed E-state index contributed by atoms with van der Waals surface area (Å²) in [5, 5.41) is 8.99. The fourth-order valence-electron chi connectivity index (χ4n) is 3.27. The smallest absolute Gasteiger partial charge is 0.246 e. The van der Waals surface area contributed by atoms with Crippen molar-refractivity contribution in [3.05, 3.63) is 74.8 Å². The number of hydrogen-bond donors (Lipinski definition) is 0. The molecule has 0 aliphatic carbocycles. The molecule has 24 heavy (non-hydrogen) atoms. The van der Waals surface area contributed by atoms with Gasteiger partial charge in [0.1, 0.15) is 5.75 Å². The van der Waals surface area contributed by atoms with E-state index in [0.717, 1.165) is 33.7 Å². The van der Waals surface area contributed by atoms with Crippen LogP contribution in [0.3, 0.4) is 0 Å². The molecule has 3 aromatic rings. The molecule has 0 saturated heterocycles. The van der Waals surface area contributed by atoms with Crippen LogP contribution in [0.25, 0.3) is 0 Å². The average Bonchev–Trinajstić information content (AvgIpc) is 3.33. The summed E-state index contributed by atoms with van der Waals surface area (Å²) in [5.74, 6) is 1.66. The van der Waals surface area contributed by atoms with Gasteiger partial charge in [-0.1, -0.05) is 22.0 Å². The molecule has 0 saturated carbocycles. The van der Waals surface area contributed by atoms with Gasteiger partial charge in [-0.05, 0) is 41.8 Å². The summed E-state index contributed by atoms with van der Waals surface area (Å²) in [7, 11) is 0. The minimum atomic E-state index is -0.337. The molecule has 2 aromatic heterocycles. The topological polar surface area (TPSA) is 38.0 Å². The Balaban J connectivity index is 1.62. The number of rotatable bonds is 2. The third kappa shape index (κ3) is 2.21. The first-order chi connectivity index (χ1) is 11.8. The van der Waals surface area contributed by atoms with E-state index >= 15 is 0 Å². The summed E-state index contributed by atoms with van der Waals surface area (Å²) in [6.45, 7) is 0. The molecular weight excluding hydrogens is 388 g/mol. The molecule has 0 bridgehead atoms. The van der Waals surface area contributed by atoms with Crippen molar-refractivity contribution >= 4 is 33.0 Å². The quantitative estimate of drug-likeness (QED) is 0.581. The lowest BCUT2D eigenvalue weighted by Crippen LogP contribution is -2.33. The molecule has 5 rings (SSSR count). The van der Waals surface area contributed by atoms with E-state index in [0.29, 0.717) is 0 Å². The average molecular weight is 401 g/mol. The van der Waals surface area contributed by atoms with Crippen LogP contribution in [0.4, 0.5) is 0 Å². The molecule has 1 aromatic carbocycles. The normalized spacial score (nSPS) is 21.9. The summed E-state index contributed by atoms with van der Waals surface area (Å²) in [6.07, 6.45) is 2.20. The van der Waals surface area contributed by atoms with Crippen molar-refractivity contribution in [2.24, 2.45) is 5.10 Å². The van der Waals surface area contributed by atoms with Crippen molar-refractivity contribution in [3.8, 4) is 5.75 Å². The van der Waals surface area contributed by atoms with Crippen LogP contribution in [0.15, 0.2) is 68.1 Å². The third-order valence-corrected chi connectivity index (χ3v) is 5.76. The van der Waals surface area contributed by atoms with E-state index in [4.69, 9.17) is 14.3 Å². The van der Waals surface area contributed by atoms with Gasteiger partial charge in [-0.15, -0.1) is 11.3 Å². The first-order valence-electron chi connectivity index (χ1n) is 7.69. The van der Waals surface area contributed by atoms with Crippen molar-refractivity contribution in [1.29, 1.82) is 0 Å². The number of thiophene rings is 1. The third-order valence-electron chi connectivity index (χ3n) is 4.34. The van der Waals surface area contributed by atoms with Gasteiger partial charge in [0.15, 0.2) is 5.76 Å². The maximum atomic E-state index is 6.22. The second-order valence-corrected chi connectivity index (χ2v) is 7.66. The molecule has 0 unspecified atom stereocenters. The molecular formula is C18H13BrN2O2S. The zero-order valence-electron chi connectivity index (χ0n) is 12.6. The summed E-state index contributed by atoms with van der Waals surface area (Å²) in [5.41, 5.74) is 2.26. The van der Waals surface area contributed by atoms with Crippen LogP contribution in [-0.4, -0.2) is 10.7 Å². The number of hydrogen-bond acceptors (Lipinski definition) is 5. The van der Waals surface area contributed by atoms with Gasteiger partial charge in [-0.25, -0.2) is 5.01 Å². The highest BCUT2D eigenvalue weighted by Crippen LogP contribution is 2.48. The summed E-state index contributed by atoms with van der Waals surface area (Å²) in [6, 6.07) is 14.3. The van der Waals surface area contributed by atoms with E-state index in [2.05, 4.69) is 39.5 Å². The van der Waals surface area contributed by atoms with Crippen molar-refractivity contribution < 1.29 is 9.15 Å². The molecule has 0 fully saturated rings. The van der Waals surface area contributed by atoms with Gasteiger partial charge < -0.3 is 9.15 Å². The number of fused-ring (bicyclic) bond motifs is 3. The first-order valence-corrected chi connectivity index (χ1v) is 9.36. The largest absolute Gasteiger partial charge is 0.463 e. The Morgan fingerprint density at radius 1 is 1.21 bits per heavy atom. The zero-order valence-corrected chi connectivity index (χ0v) is 15.0. The predicted molar refractivity (Wildman–Crippen MR) is 96.3 cm³/mol. The van der Waals surface area contributed by atoms with Crippen LogP contribution >= 0.6 is 27.3 Å². The lowest BCUT2D eigenvalue weighted by molar-refractivity contribution is -0.0325. The molecule has 2 aliphatic rings. The highest BCUT2D eigenvalue weighted by atomic mass is 79.9. The van der Waals surface area contributed by atoms with Crippen molar-refractivity contribution in [3.63, 3.8) is 0 Å². The predicted octanol–water partition coefficient (Wildman–Crippen LogP) is 5.35. The molecule has 4 nitrogen and oxygen atoms in total. The fraction of sp³-hybridized carbons (Fsp3) is 0.167. The lowest BCUT2D eigenvalue weighted by Gasteiger charge is -2.37. The molecule has 0 amide bonds. The second-order valence-electron chi connectivity index (χ2n) is 5.79. The Labute approximate surface area is 151 Å². The SMILES string of the molecule is Brc1ccc2c(c1)[C@H]1CC(c3cccs3)=NN1[C@H](c1ccco1)O2. The van der Waals surface area contributed by atoms with E-state index in [9.17, 15) is 0 Å². The number of ether oxygens (including phenoxy) is 1. The van der Waals surface area contributed by atoms with Gasteiger partial charge in [0.05, 0.1) is 22.9 Å². The minimum Gasteiger partial charge on any atom is -0.463 e. The van der Waals surface area contributed by atoms with Gasteiger partial charge in [-0.2, -0.15) is 5.10 Å². The van der Waals surface area contributed by atoms with Crippen molar-refractivity contribution in [1.82, 2.24) is 5.01 Å². The second kappa shape index (κ2) is 5.50. The Kier molecular flexibility index (Phi) is 3.28. The molecule has 2 aliphatic heterocycles. The molecule has 0 N–H and O–H groups in total. The lowest BCUT2D eigenvalue weighted by atomic mass is 9.98. The molecule has 4 heterocycles. The number of furan rings is 1. The number of halogens is 1.